The van der Waals surface area contributed by atoms with E-state index < -0.39 is 0 Å². The molecule has 90 valence electrons. The Morgan fingerprint density at radius 2 is 2.24 bits per heavy atom. The maximum absolute atomic E-state index is 11.6. The highest BCUT2D eigenvalue weighted by Crippen LogP contribution is 2.24. The second-order valence-electron chi connectivity index (χ2n) is 4.56. The van der Waals surface area contributed by atoms with Crippen LogP contribution in [-0.4, -0.2) is 10.9 Å². The van der Waals surface area contributed by atoms with Gasteiger partial charge in [0.25, 0.3) is 0 Å². The monoisotopic (exact) mass is 248 g/mol. The Morgan fingerprint density at radius 3 is 2.94 bits per heavy atom. The van der Waals surface area contributed by atoms with E-state index >= 15 is 0 Å². The number of thiazole rings is 1. The summed E-state index contributed by atoms with van der Waals surface area (Å²) >= 11 is 1.67. The number of amides is 1. The molecule has 0 saturated heterocycles. The van der Waals surface area contributed by atoms with E-state index in [-0.39, 0.29) is 5.91 Å². The molecule has 0 saturated carbocycles. The summed E-state index contributed by atoms with van der Waals surface area (Å²) in [5, 5.41) is 3.95. The quantitative estimate of drug-likeness (QED) is 0.902. The molecule has 0 radical (unpaired) electrons. The minimum absolute atomic E-state index is 0.0614. The van der Waals surface area contributed by atoms with Crippen molar-refractivity contribution in [3.8, 4) is 0 Å². The first-order valence-corrected chi connectivity index (χ1v) is 6.53. The molecule has 2 aromatic rings. The van der Waals surface area contributed by atoms with Crippen LogP contribution in [0.25, 0.3) is 10.2 Å². The van der Waals surface area contributed by atoms with Crippen LogP contribution in [0.4, 0.5) is 5.69 Å². The molecule has 0 atom stereocenters. The van der Waals surface area contributed by atoms with E-state index in [1.165, 1.54) is 0 Å². The number of hydrogen-bond acceptors (Lipinski definition) is 3. The zero-order valence-corrected chi connectivity index (χ0v) is 11.1. The van der Waals surface area contributed by atoms with E-state index in [2.05, 4.69) is 10.3 Å². The topological polar surface area (TPSA) is 42.0 Å². The lowest BCUT2D eigenvalue weighted by Crippen LogP contribution is -2.13. The zero-order chi connectivity index (χ0) is 12.4. The molecule has 1 N–H and O–H groups in total. The minimum atomic E-state index is 0.0614. The third-order valence-corrected chi connectivity index (χ3v) is 3.32. The van der Waals surface area contributed by atoms with Crippen LogP contribution in [0, 0.1) is 12.8 Å². The molecular formula is C13H16N2OS. The van der Waals surface area contributed by atoms with Crippen LogP contribution in [0.1, 0.15) is 25.3 Å². The molecule has 4 heteroatoms. The van der Waals surface area contributed by atoms with E-state index in [1.54, 1.807) is 11.3 Å². The number of nitrogens with one attached hydrogen (secondary N) is 1. The molecule has 0 aliphatic rings. The Hall–Kier alpha value is -1.42. The second kappa shape index (κ2) is 4.84. The van der Waals surface area contributed by atoms with Crippen LogP contribution >= 0.6 is 11.3 Å². The molecule has 0 unspecified atom stereocenters. The maximum atomic E-state index is 11.6. The lowest BCUT2D eigenvalue weighted by atomic mass is 10.1. The Bertz CT molecular complexity index is 545. The van der Waals surface area contributed by atoms with Gasteiger partial charge in [0.15, 0.2) is 0 Å². The molecule has 1 heterocycles. The van der Waals surface area contributed by atoms with Crippen LogP contribution in [0.5, 0.6) is 0 Å². The molecule has 1 amide bonds. The number of anilines is 1. The second-order valence-corrected chi connectivity index (χ2v) is 5.80. The van der Waals surface area contributed by atoms with E-state index in [4.69, 9.17) is 0 Å². The molecule has 0 aliphatic carbocycles. The number of fused-ring (bicyclic) bond motifs is 1. The Labute approximate surface area is 105 Å². The number of benzene rings is 1. The van der Waals surface area contributed by atoms with Crippen molar-refractivity contribution in [2.75, 3.05) is 5.32 Å². The van der Waals surface area contributed by atoms with Crippen LogP contribution in [0.2, 0.25) is 0 Å². The number of nitrogens with zero attached hydrogens (tertiary/aromatic N) is 1. The van der Waals surface area contributed by atoms with Gasteiger partial charge in [-0.1, -0.05) is 13.8 Å². The van der Waals surface area contributed by atoms with E-state index in [0.29, 0.717) is 12.3 Å². The number of aryl methyl sites for hydroxylation is 1. The molecule has 0 spiro atoms. The van der Waals surface area contributed by atoms with E-state index in [0.717, 1.165) is 20.9 Å². The van der Waals surface area contributed by atoms with Gasteiger partial charge in [0.05, 0.1) is 15.2 Å². The van der Waals surface area contributed by atoms with Crippen molar-refractivity contribution in [1.82, 2.24) is 4.98 Å². The van der Waals surface area contributed by atoms with Gasteiger partial charge in [-0.3, -0.25) is 4.79 Å². The number of carbonyl (C=O) groups excluding carboxylic acids is 1. The first-order valence-electron chi connectivity index (χ1n) is 5.71. The van der Waals surface area contributed by atoms with Gasteiger partial charge in [-0.15, -0.1) is 11.3 Å². The van der Waals surface area contributed by atoms with Gasteiger partial charge in [-0.25, -0.2) is 4.98 Å². The van der Waals surface area contributed by atoms with Gasteiger partial charge in [0.1, 0.15) is 0 Å². The van der Waals surface area contributed by atoms with Crippen molar-refractivity contribution in [3.05, 3.63) is 23.2 Å². The molecule has 0 aliphatic heterocycles. The third kappa shape index (κ3) is 3.03. The summed E-state index contributed by atoms with van der Waals surface area (Å²) in [6.45, 7) is 6.06. The SMILES string of the molecule is Cc1nc2cc(NC(=O)CC(C)C)ccc2s1. The van der Waals surface area contributed by atoms with Crippen molar-refractivity contribution < 1.29 is 4.79 Å². The van der Waals surface area contributed by atoms with Crippen LogP contribution < -0.4 is 5.32 Å². The minimum Gasteiger partial charge on any atom is -0.326 e. The van der Waals surface area contributed by atoms with E-state index in [1.807, 2.05) is 39.0 Å². The fourth-order valence-corrected chi connectivity index (χ4v) is 2.51. The average molecular weight is 248 g/mol. The molecular weight excluding hydrogens is 232 g/mol. The van der Waals surface area contributed by atoms with Gasteiger partial charge < -0.3 is 5.32 Å². The van der Waals surface area contributed by atoms with Gasteiger partial charge in [0.2, 0.25) is 5.91 Å². The number of carbonyl (C=O) groups is 1. The van der Waals surface area contributed by atoms with Crippen molar-refractivity contribution in [2.24, 2.45) is 5.92 Å². The first kappa shape index (κ1) is 12.0. The normalized spacial score (nSPS) is 11.1. The Kier molecular flexibility index (Phi) is 3.43. The summed E-state index contributed by atoms with van der Waals surface area (Å²) in [6.07, 6.45) is 0.550. The average Bonchev–Trinajstić information content (AvgIpc) is 2.55. The molecule has 0 fully saturated rings. The molecule has 3 nitrogen and oxygen atoms in total. The molecule has 1 aromatic carbocycles. The Morgan fingerprint density at radius 1 is 1.47 bits per heavy atom. The van der Waals surface area contributed by atoms with Crippen molar-refractivity contribution >= 4 is 33.1 Å². The molecule has 17 heavy (non-hydrogen) atoms. The molecule has 0 bridgehead atoms. The highest BCUT2D eigenvalue weighted by atomic mass is 32.1. The lowest BCUT2D eigenvalue weighted by Gasteiger charge is -2.06. The highest BCUT2D eigenvalue weighted by Gasteiger charge is 2.06. The van der Waals surface area contributed by atoms with E-state index in [9.17, 15) is 4.79 Å². The summed E-state index contributed by atoms with van der Waals surface area (Å²) in [7, 11) is 0. The van der Waals surface area contributed by atoms with Gasteiger partial charge >= 0.3 is 0 Å². The summed E-state index contributed by atoms with van der Waals surface area (Å²) in [4.78, 5) is 16.0. The van der Waals surface area contributed by atoms with Gasteiger partial charge in [-0.05, 0) is 31.0 Å². The number of aromatic nitrogens is 1. The summed E-state index contributed by atoms with van der Waals surface area (Å²) in [5.41, 5.74) is 1.78. The fraction of sp³-hybridized carbons (Fsp3) is 0.385. The number of rotatable bonds is 3. The third-order valence-electron chi connectivity index (χ3n) is 2.37. The van der Waals surface area contributed by atoms with Crippen LogP contribution in [-0.2, 0) is 4.79 Å². The lowest BCUT2D eigenvalue weighted by molar-refractivity contribution is -0.116. The smallest absolute Gasteiger partial charge is 0.224 e. The predicted octanol–water partition coefficient (Wildman–Crippen LogP) is 3.59. The largest absolute Gasteiger partial charge is 0.326 e. The summed E-state index contributed by atoms with van der Waals surface area (Å²) < 4.78 is 1.16. The maximum Gasteiger partial charge on any atom is 0.224 e. The highest BCUT2D eigenvalue weighted by molar-refractivity contribution is 7.18. The van der Waals surface area contributed by atoms with Gasteiger partial charge in [0, 0.05) is 12.1 Å². The van der Waals surface area contributed by atoms with Crippen LogP contribution in [0.15, 0.2) is 18.2 Å². The zero-order valence-electron chi connectivity index (χ0n) is 10.3. The first-order chi connectivity index (χ1) is 8.04. The van der Waals surface area contributed by atoms with Gasteiger partial charge in [-0.2, -0.15) is 0 Å². The van der Waals surface area contributed by atoms with Crippen molar-refractivity contribution in [3.63, 3.8) is 0 Å². The molecule has 1 aromatic heterocycles. The van der Waals surface area contributed by atoms with Crippen LogP contribution in [0.3, 0.4) is 0 Å². The molecule has 2 rings (SSSR count). The predicted molar refractivity (Wildman–Crippen MR) is 72.4 cm³/mol. The van der Waals surface area contributed by atoms with Crippen molar-refractivity contribution in [1.29, 1.82) is 0 Å². The summed E-state index contributed by atoms with van der Waals surface area (Å²) in [5.74, 6) is 0.437. The van der Waals surface area contributed by atoms with Crippen molar-refractivity contribution in [2.45, 2.75) is 27.2 Å². The Balaban J connectivity index is 2.16. The fourth-order valence-electron chi connectivity index (χ4n) is 1.70. The standard InChI is InChI=1S/C13H16N2OS/c1-8(2)6-13(16)15-10-4-5-12-11(7-10)14-9(3)17-12/h4-5,7-8H,6H2,1-3H3,(H,15,16). The summed E-state index contributed by atoms with van der Waals surface area (Å²) in [6, 6.07) is 5.86. The number of hydrogen-bond donors (Lipinski definition) is 1.